The van der Waals surface area contributed by atoms with E-state index in [1.54, 1.807) is 24.5 Å². The molecule has 3 aliphatic rings. The lowest BCUT2D eigenvalue weighted by molar-refractivity contribution is -0.110. The maximum Gasteiger partial charge on any atom is 0.178 e. The fourth-order valence-electron chi connectivity index (χ4n) is 3.61. The Labute approximate surface area is 140 Å². The molecular formula is C18H10BrN3O. The molecule has 0 radical (unpaired) electrons. The van der Waals surface area contributed by atoms with E-state index in [1.165, 1.54) is 0 Å². The average molecular weight is 364 g/mol. The van der Waals surface area contributed by atoms with Gasteiger partial charge in [0.15, 0.2) is 5.78 Å². The molecule has 0 bridgehead atoms. The summed E-state index contributed by atoms with van der Waals surface area (Å²) in [7, 11) is 0. The van der Waals surface area contributed by atoms with Crippen LogP contribution in [0.4, 0.5) is 5.69 Å². The Morgan fingerprint density at radius 3 is 3.04 bits per heavy atom. The van der Waals surface area contributed by atoms with Gasteiger partial charge in [0, 0.05) is 22.3 Å². The summed E-state index contributed by atoms with van der Waals surface area (Å²) in [6, 6.07) is 1.98. The van der Waals surface area contributed by atoms with Crippen LogP contribution in [0.1, 0.15) is 5.56 Å². The number of nitrogens with zero attached hydrogens (tertiary/aromatic N) is 3. The Hall–Kier alpha value is -2.53. The first-order valence-corrected chi connectivity index (χ1v) is 8.03. The molecule has 5 rings (SSSR count). The summed E-state index contributed by atoms with van der Waals surface area (Å²) in [6.07, 6.45) is 16.8. The number of pyridine rings is 2. The van der Waals surface area contributed by atoms with Gasteiger partial charge in [0.2, 0.25) is 0 Å². The molecule has 0 saturated carbocycles. The molecule has 0 aromatic carbocycles. The van der Waals surface area contributed by atoms with Gasteiger partial charge in [-0.1, -0.05) is 15.9 Å². The second kappa shape index (κ2) is 4.26. The Balaban J connectivity index is 1.97. The molecule has 4 nitrogen and oxygen atoms in total. The van der Waals surface area contributed by atoms with E-state index in [9.17, 15) is 4.79 Å². The van der Waals surface area contributed by atoms with E-state index in [2.05, 4.69) is 36.9 Å². The normalized spacial score (nSPS) is 24.2. The summed E-state index contributed by atoms with van der Waals surface area (Å²) < 4.78 is 0.983. The number of hydrogen-bond acceptors (Lipinski definition) is 4. The molecule has 2 aliphatic heterocycles. The number of rotatable bonds is 0. The van der Waals surface area contributed by atoms with E-state index in [0.717, 1.165) is 32.2 Å². The van der Waals surface area contributed by atoms with E-state index >= 15 is 0 Å². The summed E-state index contributed by atoms with van der Waals surface area (Å²) in [6.45, 7) is 0. The molecule has 0 saturated heterocycles. The second-order valence-electron chi connectivity index (χ2n) is 5.75. The Morgan fingerprint density at radius 1 is 1.22 bits per heavy atom. The van der Waals surface area contributed by atoms with Gasteiger partial charge < -0.3 is 4.90 Å². The lowest BCUT2D eigenvalue weighted by Gasteiger charge is -2.47. The van der Waals surface area contributed by atoms with Crippen molar-refractivity contribution >= 4 is 43.9 Å². The minimum absolute atomic E-state index is 0.00659. The summed E-state index contributed by atoms with van der Waals surface area (Å²) in [5.74, 6) is 0.00659. The quantitative estimate of drug-likeness (QED) is 0.718. The zero-order valence-corrected chi connectivity index (χ0v) is 13.5. The highest BCUT2D eigenvalue weighted by Gasteiger charge is 2.44. The third-order valence-corrected chi connectivity index (χ3v) is 5.03. The summed E-state index contributed by atoms with van der Waals surface area (Å²) in [5.41, 5.74) is 3.32. The molecule has 0 N–H and O–H groups in total. The first-order chi connectivity index (χ1) is 11.2. The van der Waals surface area contributed by atoms with E-state index in [4.69, 9.17) is 0 Å². The predicted molar refractivity (Wildman–Crippen MR) is 93.0 cm³/mol. The molecule has 110 valence electrons. The lowest BCUT2D eigenvalue weighted by Crippen LogP contribution is -2.48. The van der Waals surface area contributed by atoms with Crippen LogP contribution in [0.3, 0.4) is 0 Å². The van der Waals surface area contributed by atoms with Gasteiger partial charge in [0.25, 0.3) is 0 Å². The average Bonchev–Trinajstić information content (AvgIpc) is 2.56. The first kappa shape index (κ1) is 13.0. The van der Waals surface area contributed by atoms with Crippen LogP contribution in [0.5, 0.6) is 0 Å². The number of allylic oxidation sites excluding steroid dienone is 4. The van der Waals surface area contributed by atoms with Crippen molar-refractivity contribution < 1.29 is 4.79 Å². The van der Waals surface area contributed by atoms with Gasteiger partial charge in [-0.3, -0.25) is 14.8 Å². The minimum Gasteiger partial charge on any atom is -0.329 e. The number of carbonyl (C=O) groups excluding carboxylic acids is 1. The van der Waals surface area contributed by atoms with Crippen LogP contribution in [0, 0.1) is 0 Å². The third-order valence-electron chi connectivity index (χ3n) is 4.54. The standard InChI is InChI=1S/C18H10BrN3O/c19-11-3-6-22-16-10-20-9-15-17(16)13(2-5-21-15)14-7-12(23)1-4-18(14,22)8-11/h1-10H. The lowest BCUT2D eigenvalue weighted by atomic mass is 9.74. The van der Waals surface area contributed by atoms with E-state index < -0.39 is 5.54 Å². The molecule has 1 unspecified atom stereocenters. The van der Waals surface area contributed by atoms with Crippen LogP contribution < -0.4 is 4.90 Å². The van der Waals surface area contributed by atoms with Gasteiger partial charge in [0.05, 0.1) is 23.6 Å². The van der Waals surface area contributed by atoms with Crippen LogP contribution in [0.2, 0.25) is 0 Å². The fraction of sp³-hybridized carbons (Fsp3) is 0.0556. The zero-order chi connectivity index (χ0) is 15.6. The molecular weight excluding hydrogens is 354 g/mol. The highest BCUT2D eigenvalue weighted by Crippen LogP contribution is 2.51. The minimum atomic E-state index is -0.508. The SMILES string of the molecule is O=C1C=CC23C=C(Br)C=CN2c2cncc4nccc(c24)C3=C1. The van der Waals surface area contributed by atoms with Crippen molar-refractivity contribution in [3.8, 4) is 0 Å². The first-order valence-electron chi connectivity index (χ1n) is 7.23. The molecule has 1 spiro atoms. The molecule has 1 atom stereocenters. The zero-order valence-electron chi connectivity index (χ0n) is 11.9. The molecule has 2 aromatic heterocycles. The van der Waals surface area contributed by atoms with Crippen molar-refractivity contribution in [1.29, 1.82) is 0 Å². The van der Waals surface area contributed by atoms with Gasteiger partial charge in [0.1, 0.15) is 5.54 Å². The van der Waals surface area contributed by atoms with E-state index in [-0.39, 0.29) is 5.78 Å². The molecule has 5 heteroatoms. The summed E-state index contributed by atoms with van der Waals surface area (Å²) in [4.78, 5) is 23.0. The van der Waals surface area contributed by atoms with Crippen molar-refractivity contribution in [2.45, 2.75) is 5.54 Å². The molecule has 23 heavy (non-hydrogen) atoms. The van der Waals surface area contributed by atoms with E-state index in [1.807, 2.05) is 30.6 Å². The smallest absolute Gasteiger partial charge is 0.178 e. The number of aromatic nitrogens is 2. The number of halogens is 1. The van der Waals surface area contributed by atoms with Gasteiger partial charge in [-0.2, -0.15) is 0 Å². The molecule has 4 heterocycles. The highest BCUT2D eigenvalue weighted by molar-refractivity contribution is 9.11. The number of anilines is 1. The van der Waals surface area contributed by atoms with Crippen LogP contribution >= 0.6 is 15.9 Å². The van der Waals surface area contributed by atoms with Gasteiger partial charge >= 0.3 is 0 Å². The van der Waals surface area contributed by atoms with Crippen LogP contribution in [-0.4, -0.2) is 21.3 Å². The van der Waals surface area contributed by atoms with Crippen LogP contribution in [-0.2, 0) is 4.79 Å². The fourth-order valence-corrected chi connectivity index (χ4v) is 4.07. The highest BCUT2D eigenvalue weighted by atomic mass is 79.9. The van der Waals surface area contributed by atoms with Crippen molar-refractivity contribution in [1.82, 2.24) is 9.97 Å². The molecule has 0 fully saturated rings. The van der Waals surface area contributed by atoms with Crippen LogP contribution in [0.15, 0.2) is 65.7 Å². The largest absolute Gasteiger partial charge is 0.329 e. The van der Waals surface area contributed by atoms with E-state index in [0.29, 0.717) is 0 Å². The van der Waals surface area contributed by atoms with Crippen LogP contribution in [0.25, 0.3) is 16.5 Å². The maximum atomic E-state index is 12.0. The van der Waals surface area contributed by atoms with Crippen molar-refractivity contribution in [3.05, 3.63) is 71.3 Å². The summed E-state index contributed by atoms with van der Waals surface area (Å²) >= 11 is 3.57. The van der Waals surface area contributed by atoms with Gasteiger partial charge in [-0.05, 0) is 47.6 Å². The van der Waals surface area contributed by atoms with Crippen molar-refractivity contribution in [3.63, 3.8) is 0 Å². The van der Waals surface area contributed by atoms with Crippen molar-refractivity contribution in [2.24, 2.45) is 0 Å². The monoisotopic (exact) mass is 363 g/mol. The topological polar surface area (TPSA) is 46.1 Å². The number of fused-ring (bicyclic) bond motifs is 2. The molecule has 2 aromatic rings. The predicted octanol–water partition coefficient (Wildman–Crippen LogP) is 3.52. The number of hydrogen-bond donors (Lipinski definition) is 0. The Morgan fingerprint density at radius 2 is 2.13 bits per heavy atom. The second-order valence-corrected chi connectivity index (χ2v) is 6.66. The molecule has 0 amide bonds. The number of carbonyl (C=O) groups is 1. The maximum absolute atomic E-state index is 12.0. The molecule has 1 aliphatic carbocycles. The Kier molecular flexibility index (Phi) is 2.40. The third kappa shape index (κ3) is 1.57. The summed E-state index contributed by atoms with van der Waals surface area (Å²) in [5, 5.41) is 1.03. The van der Waals surface area contributed by atoms with Crippen molar-refractivity contribution in [2.75, 3.05) is 4.90 Å². The number of ketones is 1. The van der Waals surface area contributed by atoms with Gasteiger partial charge in [-0.25, -0.2) is 0 Å². The van der Waals surface area contributed by atoms with Gasteiger partial charge in [-0.15, -0.1) is 0 Å². The Bertz CT molecular complexity index is 1010.